The number of aromatic nitrogens is 3. The molecule has 1 aliphatic heterocycles. The molecular formula is C21H23N5. The zero-order valence-electron chi connectivity index (χ0n) is 15.0. The minimum Gasteiger partial charge on any atom is -0.325 e. The van der Waals surface area contributed by atoms with Gasteiger partial charge in [-0.05, 0) is 62.2 Å². The SMILES string of the molecule is Cc1cccc(Nc2cccc([C@@H]3CCCN3Cc3cccnc3)n2)n1. The molecular weight excluding hydrogens is 322 g/mol. The lowest BCUT2D eigenvalue weighted by atomic mass is 10.1. The molecule has 3 aromatic rings. The maximum Gasteiger partial charge on any atom is 0.131 e. The number of hydrogen-bond donors (Lipinski definition) is 1. The Morgan fingerprint density at radius 2 is 1.88 bits per heavy atom. The van der Waals surface area contributed by atoms with Crippen molar-refractivity contribution in [2.75, 3.05) is 11.9 Å². The zero-order valence-corrected chi connectivity index (χ0v) is 15.0. The third-order valence-electron chi connectivity index (χ3n) is 4.73. The number of aryl methyl sites for hydroxylation is 1. The highest BCUT2D eigenvalue weighted by Gasteiger charge is 2.27. The molecule has 1 fully saturated rings. The number of rotatable bonds is 5. The van der Waals surface area contributed by atoms with Crippen LogP contribution in [0.5, 0.6) is 0 Å². The van der Waals surface area contributed by atoms with E-state index in [1.165, 1.54) is 12.0 Å². The van der Waals surface area contributed by atoms with Crippen LogP contribution in [0.3, 0.4) is 0 Å². The van der Waals surface area contributed by atoms with Gasteiger partial charge in [-0.25, -0.2) is 9.97 Å². The second-order valence-corrected chi connectivity index (χ2v) is 6.73. The fourth-order valence-electron chi connectivity index (χ4n) is 3.53. The van der Waals surface area contributed by atoms with E-state index >= 15 is 0 Å². The molecule has 1 N–H and O–H groups in total. The highest BCUT2D eigenvalue weighted by molar-refractivity contribution is 5.51. The average molecular weight is 345 g/mol. The highest BCUT2D eigenvalue weighted by atomic mass is 15.2. The first-order valence-electron chi connectivity index (χ1n) is 9.08. The Kier molecular flexibility index (Phi) is 4.88. The molecule has 0 radical (unpaired) electrons. The second kappa shape index (κ2) is 7.62. The lowest BCUT2D eigenvalue weighted by Crippen LogP contribution is -2.23. The van der Waals surface area contributed by atoms with E-state index < -0.39 is 0 Å². The number of nitrogens with one attached hydrogen (secondary N) is 1. The minimum atomic E-state index is 0.349. The zero-order chi connectivity index (χ0) is 17.8. The molecule has 0 aliphatic carbocycles. The van der Waals surface area contributed by atoms with Crippen LogP contribution in [0, 0.1) is 6.92 Å². The van der Waals surface area contributed by atoms with Crippen LogP contribution < -0.4 is 5.32 Å². The molecule has 5 nitrogen and oxygen atoms in total. The number of anilines is 2. The molecule has 1 atom stereocenters. The van der Waals surface area contributed by atoms with Gasteiger partial charge < -0.3 is 5.32 Å². The van der Waals surface area contributed by atoms with Crippen LogP contribution in [0.2, 0.25) is 0 Å². The monoisotopic (exact) mass is 345 g/mol. The largest absolute Gasteiger partial charge is 0.325 e. The van der Waals surface area contributed by atoms with Crippen LogP contribution in [0.1, 0.15) is 35.8 Å². The van der Waals surface area contributed by atoms with Gasteiger partial charge in [0.1, 0.15) is 11.6 Å². The Hall–Kier alpha value is -2.79. The molecule has 0 unspecified atom stereocenters. The molecule has 0 aromatic carbocycles. The molecule has 5 heteroatoms. The molecule has 0 bridgehead atoms. The first-order valence-corrected chi connectivity index (χ1v) is 9.08. The topological polar surface area (TPSA) is 53.9 Å². The Morgan fingerprint density at radius 1 is 1.04 bits per heavy atom. The van der Waals surface area contributed by atoms with E-state index in [1.807, 2.05) is 49.6 Å². The summed E-state index contributed by atoms with van der Waals surface area (Å²) in [7, 11) is 0. The molecule has 4 heterocycles. The predicted molar refractivity (Wildman–Crippen MR) is 103 cm³/mol. The third kappa shape index (κ3) is 3.89. The smallest absolute Gasteiger partial charge is 0.131 e. The Morgan fingerprint density at radius 3 is 2.69 bits per heavy atom. The average Bonchev–Trinajstić information content (AvgIpc) is 3.11. The van der Waals surface area contributed by atoms with Gasteiger partial charge in [0.2, 0.25) is 0 Å². The van der Waals surface area contributed by atoms with Gasteiger partial charge in [0.05, 0.1) is 11.7 Å². The maximum atomic E-state index is 4.86. The first-order chi connectivity index (χ1) is 12.8. The van der Waals surface area contributed by atoms with Gasteiger partial charge >= 0.3 is 0 Å². The van der Waals surface area contributed by atoms with Crippen LogP contribution in [-0.4, -0.2) is 26.4 Å². The molecule has 0 saturated carbocycles. The van der Waals surface area contributed by atoms with Crippen molar-refractivity contribution >= 4 is 11.6 Å². The van der Waals surface area contributed by atoms with Gasteiger partial charge in [-0.3, -0.25) is 9.88 Å². The quantitative estimate of drug-likeness (QED) is 0.749. The van der Waals surface area contributed by atoms with Crippen LogP contribution in [0.15, 0.2) is 60.9 Å². The van der Waals surface area contributed by atoms with Gasteiger partial charge in [-0.15, -0.1) is 0 Å². The van der Waals surface area contributed by atoms with Crippen molar-refractivity contribution in [3.8, 4) is 0 Å². The van der Waals surface area contributed by atoms with Crippen molar-refractivity contribution in [3.05, 3.63) is 77.9 Å². The van der Waals surface area contributed by atoms with Gasteiger partial charge in [-0.2, -0.15) is 0 Å². The van der Waals surface area contributed by atoms with Gasteiger partial charge in [0, 0.05) is 24.6 Å². The van der Waals surface area contributed by atoms with Gasteiger partial charge in [0.15, 0.2) is 0 Å². The Bertz CT molecular complexity index is 865. The lowest BCUT2D eigenvalue weighted by Gasteiger charge is -2.24. The van der Waals surface area contributed by atoms with Crippen molar-refractivity contribution in [2.45, 2.75) is 32.4 Å². The fourth-order valence-corrected chi connectivity index (χ4v) is 3.53. The molecule has 0 amide bonds. The summed E-state index contributed by atoms with van der Waals surface area (Å²) < 4.78 is 0. The molecule has 132 valence electrons. The van der Waals surface area contributed by atoms with E-state index in [0.29, 0.717) is 6.04 Å². The number of pyridine rings is 3. The molecule has 3 aromatic heterocycles. The first kappa shape index (κ1) is 16.7. The number of hydrogen-bond acceptors (Lipinski definition) is 5. The summed E-state index contributed by atoms with van der Waals surface area (Å²) in [5, 5.41) is 3.32. The Balaban J connectivity index is 1.51. The molecule has 0 spiro atoms. The molecule has 1 saturated heterocycles. The van der Waals surface area contributed by atoms with Crippen molar-refractivity contribution in [3.63, 3.8) is 0 Å². The summed E-state index contributed by atoms with van der Waals surface area (Å²) in [6, 6.07) is 16.6. The second-order valence-electron chi connectivity index (χ2n) is 6.73. The number of nitrogens with zero attached hydrogens (tertiary/aromatic N) is 4. The van der Waals surface area contributed by atoms with Crippen LogP contribution in [0.4, 0.5) is 11.6 Å². The van der Waals surface area contributed by atoms with Crippen molar-refractivity contribution < 1.29 is 0 Å². The third-order valence-corrected chi connectivity index (χ3v) is 4.73. The van der Waals surface area contributed by atoms with Crippen LogP contribution in [-0.2, 0) is 6.54 Å². The molecule has 26 heavy (non-hydrogen) atoms. The van der Waals surface area contributed by atoms with Crippen molar-refractivity contribution in [2.24, 2.45) is 0 Å². The summed E-state index contributed by atoms with van der Waals surface area (Å²) in [4.78, 5) is 16.1. The summed E-state index contributed by atoms with van der Waals surface area (Å²) in [6.07, 6.45) is 6.11. The minimum absolute atomic E-state index is 0.349. The molecule has 4 rings (SSSR count). The van der Waals surface area contributed by atoms with Crippen LogP contribution in [0.25, 0.3) is 0 Å². The summed E-state index contributed by atoms with van der Waals surface area (Å²) in [5.74, 6) is 1.67. The van der Waals surface area contributed by atoms with Crippen molar-refractivity contribution in [1.82, 2.24) is 19.9 Å². The van der Waals surface area contributed by atoms with E-state index in [2.05, 4.69) is 38.4 Å². The normalized spacial score (nSPS) is 17.3. The Labute approximate surface area is 154 Å². The van der Waals surface area contributed by atoms with E-state index in [-0.39, 0.29) is 0 Å². The predicted octanol–water partition coefficient (Wildman–Crippen LogP) is 4.26. The van der Waals surface area contributed by atoms with Crippen molar-refractivity contribution in [1.29, 1.82) is 0 Å². The number of likely N-dealkylation sites (tertiary alicyclic amines) is 1. The fraction of sp³-hybridized carbons (Fsp3) is 0.286. The standard InChI is InChI=1S/C21H23N5/c1-16-6-2-10-20(23-16)25-21-11-3-8-18(24-21)19-9-5-13-26(19)15-17-7-4-12-22-14-17/h2-4,6-8,10-12,14,19H,5,9,13,15H2,1H3,(H,23,24,25)/t19-/m0/s1. The maximum absolute atomic E-state index is 4.86. The highest BCUT2D eigenvalue weighted by Crippen LogP contribution is 2.32. The summed E-state index contributed by atoms with van der Waals surface area (Å²) in [5.41, 5.74) is 3.35. The summed E-state index contributed by atoms with van der Waals surface area (Å²) >= 11 is 0. The molecule has 1 aliphatic rings. The van der Waals surface area contributed by atoms with E-state index in [9.17, 15) is 0 Å². The lowest BCUT2D eigenvalue weighted by molar-refractivity contribution is 0.244. The van der Waals surface area contributed by atoms with E-state index in [1.54, 1.807) is 0 Å². The van der Waals surface area contributed by atoms with Gasteiger partial charge in [-0.1, -0.05) is 18.2 Å². The van der Waals surface area contributed by atoms with E-state index in [4.69, 9.17) is 4.98 Å². The van der Waals surface area contributed by atoms with Gasteiger partial charge in [0.25, 0.3) is 0 Å². The van der Waals surface area contributed by atoms with E-state index in [0.717, 1.165) is 42.5 Å². The summed E-state index contributed by atoms with van der Waals surface area (Å²) in [6.45, 7) is 4.00. The van der Waals surface area contributed by atoms with Crippen LogP contribution >= 0.6 is 0 Å².